The second-order valence-corrected chi connectivity index (χ2v) is 3.40. The SMILES string of the molecule is CC/C=C/CCC(C#N)C/C=C/CC. The number of rotatable bonds is 7. The van der Waals surface area contributed by atoms with Gasteiger partial charge in [-0.3, -0.25) is 0 Å². The summed E-state index contributed by atoms with van der Waals surface area (Å²) in [5.74, 6) is 0.194. The van der Waals surface area contributed by atoms with Crippen molar-refractivity contribution < 1.29 is 0 Å². The van der Waals surface area contributed by atoms with Crippen LogP contribution in [-0.2, 0) is 0 Å². The van der Waals surface area contributed by atoms with E-state index in [0.29, 0.717) is 0 Å². The smallest absolute Gasteiger partial charge is 0.0659 e. The van der Waals surface area contributed by atoms with E-state index in [-0.39, 0.29) is 5.92 Å². The molecule has 0 aliphatic heterocycles. The molecule has 1 unspecified atom stereocenters. The molecule has 0 spiro atoms. The Labute approximate surface area is 88.1 Å². The maximum atomic E-state index is 8.87. The van der Waals surface area contributed by atoms with Gasteiger partial charge >= 0.3 is 0 Å². The zero-order valence-corrected chi connectivity index (χ0v) is 9.37. The lowest BCUT2D eigenvalue weighted by Gasteiger charge is -2.02. The predicted molar refractivity (Wildman–Crippen MR) is 61.8 cm³/mol. The minimum Gasteiger partial charge on any atom is -0.198 e. The number of nitrogens with zero attached hydrogens (tertiary/aromatic N) is 1. The molecule has 0 rings (SSSR count). The Bertz CT molecular complexity index is 208. The van der Waals surface area contributed by atoms with Crippen LogP contribution in [0.2, 0.25) is 0 Å². The van der Waals surface area contributed by atoms with E-state index in [1.54, 1.807) is 0 Å². The van der Waals surface area contributed by atoms with Crippen LogP contribution in [0.4, 0.5) is 0 Å². The second-order valence-electron chi connectivity index (χ2n) is 3.40. The van der Waals surface area contributed by atoms with Gasteiger partial charge in [-0.05, 0) is 32.1 Å². The van der Waals surface area contributed by atoms with Crippen LogP contribution in [0.25, 0.3) is 0 Å². The van der Waals surface area contributed by atoms with E-state index in [1.165, 1.54) is 0 Å². The number of hydrogen-bond acceptors (Lipinski definition) is 1. The normalized spacial score (nSPS) is 13.5. The fourth-order valence-corrected chi connectivity index (χ4v) is 1.24. The lowest BCUT2D eigenvalue weighted by atomic mass is 10.0. The summed E-state index contributed by atoms with van der Waals surface area (Å²) in [6.07, 6.45) is 13.7. The topological polar surface area (TPSA) is 23.8 Å². The monoisotopic (exact) mass is 191 g/mol. The molecule has 0 N–H and O–H groups in total. The molecule has 0 aliphatic carbocycles. The van der Waals surface area contributed by atoms with Crippen LogP contribution in [0.3, 0.4) is 0 Å². The van der Waals surface area contributed by atoms with Crippen molar-refractivity contribution in [3.63, 3.8) is 0 Å². The van der Waals surface area contributed by atoms with Gasteiger partial charge < -0.3 is 0 Å². The van der Waals surface area contributed by atoms with Gasteiger partial charge in [0.1, 0.15) is 0 Å². The summed E-state index contributed by atoms with van der Waals surface area (Å²) in [5, 5.41) is 8.87. The summed E-state index contributed by atoms with van der Waals surface area (Å²) in [6.45, 7) is 4.24. The average molecular weight is 191 g/mol. The van der Waals surface area contributed by atoms with Crippen molar-refractivity contribution in [3.8, 4) is 6.07 Å². The van der Waals surface area contributed by atoms with Gasteiger partial charge in [0.05, 0.1) is 12.0 Å². The van der Waals surface area contributed by atoms with Crippen molar-refractivity contribution in [3.05, 3.63) is 24.3 Å². The molecule has 0 radical (unpaired) electrons. The Balaban J connectivity index is 3.64. The number of hydrogen-bond donors (Lipinski definition) is 0. The average Bonchev–Trinajstić information content (AvgIpc) is 2.22. The van der Waals surface area contributed by atoms with Gasteiger partial charge in [0.2, 0.25) is 0 Å². The Morgan fingerprint density at radius 3 is 2.29 bits per heavy atom. The molecular weight excluding hydrogens is 170 g/mol. The fourth-order valence-electron chi connectivity index (χ4n) is 1.24. The van der Waals surface area contributed by atoms with Gasteiger partial charge in [-0.2, -0.15) is 5.26 Å². The van der Waals surface area contributed by atoms with Crippen molar-refractivity contribution >= 4 is 0 Å². The van der Waals surface area contributed by atoms with Crippen LogP contribution in [-0.4, -0.2) is 0 Å². The predicted octanol–water partition coefficient (Wildman–Crippen LogP) is 4.23. The molecule has 78 valence electrons. The maximum Gasteiger partial charge on any atom is 0.0659 e. The highest BCUT2D eigenvalue weighted by Crippen LogP contribution is 2.11. The second kappa shape index (κ2) is 10.1. The third-order valence-corrected chi connectivity index (χ3v) is 2.09. The third-order valence-electron chi connectivity index (χ3n) is 2.09. The first-order chi connectivity index (χ1) is 6.85. The van der Waals surface area contributed by atoms with Crippen molar-refractivity contribution in [1.29, 1.82) is 5.26 Å². The van der Waals surface area contributed by atoms with E-state index >= 15 is 0 Å². The van der Waals surface area contributed by atoms with Crippen molar-refractivity contribution in [2.45, 2.75) is 46.0 Å². The molecule has 14 heavy (non-hydrogen) atoms. The quantitative estimate of drug-likeness (QED) is 0.552. The Morgan fingerprint density at radius 2 is 1.71 bits per heavy atom. The third kappa shape index (κ3) is 7.61. The Hall–Kier alpha value is -1.03. The molecule has 0 aromatic carbocycles. The molecule has 0 bridgehead atoms. The highest BCUT2D eigenvalue weighted by Gasteiger charge is 2.02. The molecule has 0 saturated carbocycles. The zero-order valence-electron chi connectivity index (χ0n) is 9.37. The van der Waals surface area contributed by atoms with Crippen LogP contribution in [0, 0.1) is 17.2 Å². The minimum absolute atomic E-state index is 0.194. The van der Waals surface area contributed by atoms with Crippen molar-refractivity contribution in [2.24, 2.45) is 5.92 Å². The van der Waals surface area contributed by atoms with Crippen LogP contribution < -0.4 is 0 Å². The summed E-state index contributed by atoms with van der Waals surface area (Å²) in [5.41, 5.74) is 0. The van der Waals surface area contributed by atoms with E-state index < -0.39 is 0 Å². The van der Waals surface area contributed by atoms with E-state index in [2.05, 4.69) is 44.2 Å². The molecule has 0 aliphatic rings. The van der Waals surface area contributed by atoms with Crippen LogP contribution in [0.5, 0.6) is 0 Å². The molecule has 1 nitrogen and oxygen atoms in total. The standard InChI is InChI=1S/C13H21N/c1-3-5-7-9-11-13(12-14)10-8-6-4-2/h5-8,13H,3-4,9-11H2,1-2H3/b7-5+,8-6+. The zero-order chi connectivity index (χ0) is 10.6. The molecule has 0 fully saturated rings. The lowest BCUT2D eigenvalue weighted by molar-refractivity contribution is 0.618. The van der Waals surface area contributed by atoms with Crippen LogP contribution in [0.1, 0.15) is 46.0 Å². The molecule has 1 atom stereocenters. The molecule has 0 saturated heterocycles. The van der Waals surface area contributed by atoms with E-state index in [0.717, 1.165) is 32.1 Å². The highest BCUT2D eigenvalue weighted by molar-refractivity contribution is 4.93. The van der Waals surface area contributed by atoms with Gasteiger partial charge in [-0.25, -0.2) is 0 Å². The van der Waals surface area contributed by atoms with Gasteiger partial charge in [-0.1, -0.05) is 38.2 Å². The van der Waals surface area contributed by atoms with Gasteiger partial charge in [0.25, 0.3) is 0 Å². The number of nitriles is 1. The molecule has 0 amide bonds. The summed E-state index contributed by atoms with van der Waals surface area (Å²) < 4.78 is 0. The Kier molecular flexibility index (Phi) is 9.31. The van der Waals surface area contributed by atoms with Crippen LogP contribution in [0.15, 0.2) is 24.3 Å². The molecule has 0 aromatic rings. The first-order valence-corrected chi connectivity index (χ1v) is 5.54. The van der Waals surface area contributed by atoms with Gasteiger partial charge in [0, 0.05) is 0 Å². The van der Waals surface area contributed by atoms with E-state index in [4.69, 9.17) is 5.26 Å². The van der Waals surface area contributed by atoms with Crippen LogP contribution >= 0.6 is 0 Å². The summed E-state index contributed by atoms with van der Waals surface area (Å²) in [7, 11) is 0. The van der Waals surface area contributed by atoms with Crippen molar-refractivity contribution in [2.75, 3.05) is 0 Å². The fraction of sp³-hybridized carbons (Fsp3) is 0.615. The summed E-state index contributed by atoms with van der Waals surface area (Å²) in [6, 6.07) is 2.35. The highest BCUT2D eigenvalue weighted by atomic mass is 14.3. The molecule has 0 aromatic heterocycles. The number of allylic oxidation sites excluding steroid dienone is 4. The van der Waals surface area contributed by atoms with E-state index in [9.17, 15) is 0 Å². The van der Waals surface area contributed by atoms with Crippen molar-refractivity contribution in [1.82, 2.24) is 0 Å². The molecular formula is C13H21N. The maximum absolute atomic E-state index is 8.87. The minimum atomic E-state index is 0.194. The first-order valence-electron chi connectivity index (χ1n) is 5.54. The Morgan fingerprint density at radius 1 is 1.07 bits per heavy atom. The molecule has 0 heterocycles. The lowest BCUT2D eigenvalue weighted by Crippen LogP contribution is -1.93. The van der Waals surface area contributed by atoms with Gasteiger partial charge in [0.15, 0.2) is 0 Å². The largest absolute Gasteiger partial charge is 0.198 e. The summed E-state index contributed by atoms with van der Waals surface area (Å²) in [4.78, 5) is 0. The van der Waals surface area contributed by atoms with E-state index in [1.807, 2.05) is 0 Å². The first kappa shape index (κ1) is 13.0. The summed E-state index contributed by atoms with van der Waals surface area (Å²) >= 11 is 0. The van der Waals surface area contributed by atoms with Gasteiger partial charge in [-0.15, -0.1) is 0 Å². The molecule has 1 heteroatoms.